The van der Waals surface area contributed by atoms with Gasteiger partial charge in [-0.25, -0.2) is 4.79 Å². The van der Waals surface area contributed by atoms with Crippen LogP contribution in [0.25, 0.3) is 10.9 Å². The minimum Gasteiger partial charge on any atom is -0.451 e. The van der Waals surface area contributed by atoms with Crippen LogP contribution in [0.2, 0.25) is 0 Å². The Kier molecular flexibility index (Phi) is 3.85. The Bertz CT molecular complexity index is 625. The summed E-state index contributed by atoms with van der Waals surface area (Å²) in [5, 5.41) is 0.805. The molecule has 0 saturated heterocycles. The number of rotatable bonds is 4. The number of carbonyl (C=O) groups is 2. The number of hydrogen-bond donors (Lipinski definition) is 0. The number of nitrogens with zero attached hydrogens (tertiary/aromatic N) is 2. The molecule has 0 aliphatic rings. The van der Waals surface area contributed by atoms with E-state index in [4.69, 9.17) is 4.74 Å². The average Bonchev–Trinajstić information content (AvgIpc) is 2.45. The molecule has 0 radical (unpaired) electrons. The second kappa shape index (κ2) is 5.56. The van der Waals surface area contributed by atoms with Crippen molar-refractivity contribution in [2.45, 2.75) is 26.4 Å². The van der Waals surface area contributed by atoms with Gasteiger partial charge in [0.1, 0.15) is 0 Å². The lowest BCUT2D eigenvalue weighted by atomic mass is 10.2. The molecule has 0 saturated carbocycles. The van der Waals surface area contributed by atoms with Gasteiger partial charge in [0.2, 0.25) is 0 Å². The second-order valence-corrected chi connectivity index (χ2v) is 4.16. The van der Waals surface area contributed by atoms with Crippen LogP contribution in [-0.2, 0) is 9.53 Å². The normalized spacial score (nSPS) is 12.1. The third-order valence-electron chi connectivity index (χ3n) is 2.81. The van der Waals surface area contributed by atoms with Gasteiger partial charge < -0.3 is 4.74 Å². The van der Waals surface area contributed by atoms with Crippen LogP contribution in [-0.4, -0.2) is 27.8 Å². The summed E-state index contributed by atoms with van der Waals surface area (Å²) in [6.45, 7) is 3.30. The quantitative estimate of drug-likeness (QED) is 0.786. The fraction of sp³-hybridized carbons (Fsp3) is 0.286. The zero-order valence-corrected chi connectivity index (χ0v) is 10.8. The van der Waals surface area contributed by atoms with E-state index in [-0.39, 0.29) is 5.78 Å². The van der Waals surface area contributed by atoms with Crippen LogP contribution >= 0.6 is 0 Å². The summed E-state index contributed by atoms with van der Waals surface area (Å²) in [5.74, 6) is -0.646. The predicted molar refractivity (Wildman–Crippen MR) is 69.7 cm³/mol. The van der Waals surface area contributed by atoms with E-state index in [9.17, 15) is 9.59 Å². The van der Waals surface area contributed by atoms with Gasteiger partial charge >= 0.3 is 5.97 Å². The number of esters is 1. The van der Waals surface area contributed by atoms with Gasteiger partial charge in [0.25, 0.3) is 0 Å². The molecule has 0 aromatic carbocycles. The number of pyridine rings is 2. The number of hydrogen-bond acceptors (Lipinski definition) is 5. The highest BCUT2D eigenvalue weighted by Crippen LogP contribution is 2.13. The Morgan fingerprint density at radius 3 is 2.89 bits per heavy atom. The van der Waals surface area contributed by atoms with Crippen molar-refractivity contribution in [3.8, 4) is 0 Å². The number of Topliss-reactive ketones (excluding diaryl/α,β-unsaturated/α-hetero) is 1. The highest BCUT2D eigenvalue weighted by molar-refractivity contribution is 5.95. The van der Waals surface area contributed by atoms with E-state index < -0.39 is 12.1 Å². The molecule has 2 heterocycles. The van der Waals surface area contributed by atoms with Crippen molar-refractivity contribution in [2.24, 2.45) is 0 Å². The van der Waals surface area contributed by atoms with Gasteiger partial charge in [-0.2, -0.15) is 0 Å². The van der Waals surface area contributed by atoms with Crippen LogP contribution in [0.5, 0.6) is 0 Å². The topological polar surface area (TPSA) is 69.2 Å². The number of ether oxygens (including phenoxy) is 1. The molecule has 0 amide bonds. The molecule has 0 bridgehead atoms. The first-order valence-corrected chi connectivity index (χ1v) is 6.05. The third kappa shape index (κ3) is 2.93. The molecule has 0 fully saturated rings. The molecule has 5 nitrogen and oxygen atoms in total. The smallest absolute Gasteiger partial charge is 0.340 e. The zero-order chi connectivity index (χ0) is 13.8. The van der Waals surface area contributed by atoms with Gasteiger partial charge in [-0.3, -0.25) is 14.8 Å². The average molecular weight is 258 g/mol. The monoisotopic (exact) mass is 258 g/mol. The summed E-state index contributed by atoms with van der Waals surface area (Å²) < 4.78 is 5.09. The third-order valence-corrected chi connectivity index (χ3v) is 2.81. The first kappa shape index (κ1) is 13.1. The van der Waals surface area contributed by atoms with E-state index in [2.05, 4.69) is 9.97 Å². The molecule has 98 valence electrons. The summed E-state index contributed by atoms with van der Waals surface area (Å²) in [6, 6.07) is 3.44. The van der Waals surface area contributed by atoms with Crippen LogP contribution in [0.3, 0.4) is 0 Å². The fourth-order valence-electron chi connectivity index (χ4n) is 1.66. The van der Waals surface area contributed by atoms with Crippen molar-refractivity contribution in [1.29, 1.82) is 0 Å². The Hall–Kier alpha value is -2.30. The molecule has 0 aliphatic carbocycles. The van der Waals surface area contributed by atoms with Crippen LogP contribution in [0.15, 0.2) is 30.7 Å². The lowest BCUT2D eigenvalue weighted by Gasteiger charge is -2.11. The molecule has 5 heteroatoms. The van der Waals surface area contributed by atoms with Crippen molar-refractivity contribution in [3.63, 3.8) is 0 Å². The lowest BCUT2D eigenvalue weighted by molar-refractivity contribution is -0.126. The summed E-state index contributed by atoms with van der Waals surface area (Å²) in [6.07, 6.45) is 4.28. The van der Waals surface area contributed by atoms with Crippen LogP contribution < -0.4 is 0 Å². The van der Waals surface area contributed by atoms with E-state index in [1.807, 2.05) is 0 Å². The van der Waals surface area contributed by atoms with Crippen molar-refractivity contribution < 1.29 is 14.3 Å². The van der Waals surface area contributed by atoms with Crippen molar-refractivity contribution in [1.82, 2.24) is 9.97 Å². The maximum Gasteiger partial charge on any atom is 0.340 e. The Morgan fingerprint density at radius 2 is 2.16 bits per heavy atom. The van der Waals surface area contributed by atoms with Gasteiger partial charge in [0.05, 0.1) is 17.3 Å². The van der Waals surface area contributed by atoms with Crippen LogP contribution in [0, 0.1) is 0 Å². The van der Waals surface area contributed by atoms with Gasteiger partial charge in [0.15, 0.2) is 11.9 Å². The van der Waals surface area contributed by atoms with E-state index >= 15 is 0 Å². The number of ketones is 1. The highest BCUT2D eigenvalue weighted by atomic mass is 16.5. The van der Waals surface area contributed by atoms with Gasteiger partial charge in [-0.15, -0.1) is 0 Å². The summed E-state index contributed by atoms with van der Waals surface area (Å²) in [5.41, 5.74) is 1.03. The van der Waals surface area contributed by atoms with Crippen LogP contribution in [0.1, 0.15) is 30.6 Å². The molecular weight excluding hydrogens is 244 g/mol. The zero-order valence-electron chi connectivity index (χ0n) is 10.8. The van der Waals surface area contributed by atoms with E-state index in [0.717, 1.165) is 5.39 Å². The summed E-state index contributed by atoms with van der Waals surface area (Å²) in [4.78, 5) is 31.4. The second-order valence-electron chi connectivity index (χ2n) is 4.16. The van der Waals surface area contributed by atoms with E-state index in [0.29, 0.717) is 17.5 Å². The van der Waals surface area contributed by atoms with Crippen LogP contribution in [0.4, 0.5) is 0 Å². The molecule has 0 aliphatic heterocycles. The maximum absolute atomic E-state index is 11.9. The predicted octanol–water partition coefficient (Wildman–Crippen LogP) is 2.15. The maximum atomic E-state index is 11.9. The number of carbonyl (C=O) groups excluding carboxylic acids is 2. The SMILES string of the molecule is CCC(=O)C(C)OC(=O)c1cnc2cnccc2c1. The Morgan fingerprint density at radius 1 is 1.37 bits per heavy atom. The van der Waals surface area contributed by atoms with E-state index in [1.54, 1.807) is 38.4 Å². The largest absolute Gasteiger partial charge is 0.451 e. The fourth-order valence-corrected chi connectivity index (χ4v) is 1.66. The molecule has 0 spiro atoms. The Balaban J connectivity index is 2.19. The Labute approximate surface area is 110 Å². The first-order valence-electron chi connectivity index (χ1n) is 6.05. The van der Waals surface area contributed by atoms with Crippen molar-refractivity contribution >= 4 is 22.7 Å². The lowest BCUT2D eigenvalue weighted by Crippen LogP contribution is -2.23. The van der Waals surface area contributed by atoms with Crippen molar-refractivity contribution in [2.75, 3.05) is 0 Å². The summed E-state index contributed by atoms with van der Waals surface area (Å²) >= 11 is 0. The van der Waals surface area contributed by atoms with Gasteiger partial charge in [-0.05, 0) is 19.1 Å². The number of fused-ring (bicyclic) bond motifs is 1. The first-order chi connectivity index (χ1) is 9.11. The molecule has 1 atom stereocenters. The highest BCUT2D eigenvalue weighted by Gasteiger charge is 2.17. The van der Waals surface area contributed by atoms with E-state index in [1.165, 1.54) is 6.20 Å². The minimum absolute atomic E-state index is 0.105. The molecular formula is C14H14N2O3. The molecule has 19 heavy (non-hydrogen) atoms. The number of aromatic nitrogens is 2. The van der Waals surface area contributed by atoms with Gasteiger partial charge in [0, 0.05) is 24.2 Å². The molecule has 2 rings (SSSR count). The molecule has 2 aromatic heterocycles. The standard InChI is InChI=1S/C14H14N2O3/c1-3-13(17)9(2)19-14(18)11-6-10-4-5-15-8-12(10)16-7-11/h4-9H,3H2,1-2H3. The molecule has 2 aromatic rings. The van der Waals surface area contributed by atoms with Gasteiger partial charge in [-0.1, -0.05) is 6.92 Å². The van der Waals surface area contributed by atoms with Crippen molar-refractivity contribution in [3.05, 3.63) is 36.3 Å². The molecule has 0 N–H and O–H groups in total. The molecule has 1 unspecified atom stereocenters. The summed E-state index contributed by atoms with van der Waals surface area (Å²) in [7, 11) is 0. The minimum atomic E-state index is -0.731.